The van der Waals surface area contributed by atoms with Crippen LogP contribution in [0.2, 0.25) is 0 Å². The van der Waals surface area contributed by atoms with Gasteiger partial charge in [0.1, 0.15) is 5.69 Å². The maximum absolute atomic E-state index is 11.1. The molecular weight excluding hydrogens is 218 g/mol. The number of aromatic nitrogens is 2. The van der Waals surface area contributed by atoms with Crippen molar-refractivity contribution >= 4 is 16.8 Å². The van der Waals surface area contributed by atoms with Gasteiger partial charge in [-0.3, -0.25) is 4.79 Å². The molecule has 0 atom stereocenters. The van der Waals surface area contributed by atoms with Crippen molar-refractivity contribution in [1.29, 1.82) is 0 Å². The molecule has 2 rings (SSSR count). The molecule has 17 heavy (non-hydrogen) atoms. The van der Waals surface area contributed by atoms with Gasteiger partial charge in [0, 0.05) is 10.9 Å². The predicted octanol–water partition coefficient (Wildman–Crippen LogP) is 1.44. The third kappa shape index (κ3) is 2.04. The molecule has 1 heterocycles. The van der Waals surface area contributed by atoms with Crippen molar-refractivity contribution in [3.63, 3.8) is 0 Å². The first-order valence-electron chi connectivity index (χ1n) is 5.33. The van der Waals surface area contributed by atoms with Crippen molar-refractivity contribution in [2.24, 2.45) is 5.73 Å². The van der Waals surface area contributed by atoms with Crippen LogP contribution < -0.4 is 10.5 Å². The number of primary amides is 1. The minimum Gasteiger partial charge on any atom is -0.491 e. The van der Waals surface area contributed by atoms with Gasteiger partial charge in [-0.15, -0.1) is 5.10 Å². The van der Waals surface area contributed by atoms with Gasteiger partial charge in [0.2, 0.25) is 5.91 Å². The first kappa shape index (κ1) is 11.3. The number of carbonyl (C=O) groups is 1. The maximum Gasteiger partial charge on any atom is 0.248 e. The second-order valence-electron chi connectivity index (χ2n) is 3.64. The highest BCUT2D eigenvalue weighted by Gasteiger charge is 2.10. The lowest BCUT2D eigenvalue weighted by molar-refractivity contribution is 0.100. The Balaban J connectivity index is 2.71. The van der Waals surface area contributed by atoms with Gasteiger partial charge < -0.3 is 10.5 Å². The lowest BCUT2D eigenvalue weighted by Gasteiger charge is -2.09. The van der Waals surface area contributed by atoms with Crippen LogP contribution in [-0.4, -0.2) is 22.7 Å². The van der Waals surface area contributed by atoms with Gasteiger partial charge in [-0.1, -0.05) is 0 Å². The highest BCUT2D eigenvalue weighted by molar-refractivity contribution is 5.98. The van der Waals surface area contributed by atoms with Crippen LogP contribution in [0, 0.1) is 6.92 Å². The highest BCUT2D eigenvalue weighted by atomic mass is 16.5. The number of benzene rings is 1. The summed E-state index contributed by atoms with van der Waals surface area (Å²) in [6, 6.07) is 5.03. The average Bonchev–Trinajstić information content (AvgIpc) is 2.32. The summed E-state index contributed by atoms with van der Waals surface area (Å²) in [5.74, 6) is 0.185. The Labute approximate surface area is 98.6 Å². The number of hydrogen-bond acceptors (Lipinski definition) is 4. The number of rotatable bonds is 3. The van der Waals surface area contributed by atoms with Crippen molar-refractivity contribution in [3.8, 4) is 5.75 Å². The summed E-state index contributed by atoms with van der Waals surface area (Å²) in [6.45, 7) is 4.24. The van der Waals surface area contributed by atoms with E-state index in [0.717, 1.165) is 5.39 Å². The van der Waals surface area contributed by atoms with Crippen molar-refractivity contribution in [2.45, 2.75) is 13.8 Å². The van der Waals surface area contributed by atoms with Gasteiger partial charge in [-0.05, 0) is 32.0 Å². The summed E-state index contributed by atoms with van der Waals surface area (Å²) < 4.78 is 5.53. The van der Waals surface area contributed by atoms with Crippen LogP contribution in [0.4, 0.5) is 0 Å². The van der Waals surface area contributed by atoms with Crippen molar-refractivity contribution in [1.82, 2.24) is 10.2 Å². The van der Waals surface area contributed by atoms with Crippen LogP contribution >= 0.6 is 0 Å². The number of nitrogens with two attached hydrogens (primary N) is 1. The second-order valence-corrected chi connectivity index (χ2v) is 3.64. The monoisotopic (exact) mass is 231 g/mol. The van der Waals surface area contributed by atoms with E-state index in [0.29, 0.717) is 29.1 Å². The van der Waals surface area contributed by atoms with E-state index in [1.807, 2.05) is 13.8 Å². The van der Waals surface area contributed by atoms with E-state index in [1.54, 1.807) is 18.2 Å². The molecule has 0 fully saturated rings. The van der Waals surface area contributed by atoms with E-state index in [4.69, 9.17) is 10.5 Å². The Morgan fingerprint density at radius 1 is 1.41 bits per heavy atom. The number of ether oxygens (including phenoxy) is 1. The lowest BCUT2D eigenvalue weighted by atomic mass is 10.1. The largest absolute Gasteiger partial charge is 0.491 e. The Bertz CT molecular complexity index is 581. The van der Waals surface area contributed by atoms with Gasteiger partial charge in [0.05, 0.1) is 12.1 Å². The zero-order valence-corrected chi connectivity index (χ0v) is 9.73. The predicted molar refractivity (Wildman–Crippen MR) is 64.0 cm³/mol. The van der Waals surface area contributed by atoms with Crippen LogP contribution in [0.5, 0.6) is 5.75 Å². The third-order valence-electron chi connectivity index (χ3n) is 2.45. The highest BCUT2D eigenvalue weighted by Crippen LogP contribution is 2.27. The normalized spacial score (nSPS) is 10.5. The Morgan fingerprint density at radius 3 is 2.82 bits per heavy atom. The third-order valence-corrected chi connectivity index (χ3v) is 2.45. The summed E-state index contributed by atoms with van der Waals surface area (Å²) in [5, 5.41) is 8.81. The SMILES string of the molecule is CCOc1c(C)nnc2ccc(C(N)=O)cc12. The Hall–Kier alpha value is -2.17. The number of amides is 1. The summed E-state index contributed by atoms with van der Waals surface area (Å²) >= 11 is 0. The minimum absolute atomic E-state index is 0.436. The molecule has 5 nitrogen and oxygen atoms in total. The fourth-order valence-electron chi connectivity index (χ4n) is 1.65. The standard InChI is InChI=1S/C12H13N3O2/c1-3-17-11-7(2)14-15-10-5-4-8(12(13)16)6-9(10)11/h4-6H,3H2,1-2H3,(H2,13,16). The van der Waals surface area contributed by atoms with Crippen LogP contribution in [-0.2, 0) is 0 Å². The van der Waals surface area contributed by atoms with Crippen LogP contribution in [0.3, 0.4) is 0 Å². The van der Waals surface area contributed by atoms with Gasteiger partial charge in [0.25, 0.3) is 0 Å². The van der Waals surface area contributed by atoms with E-state index in [2.05, 4.69) is 10.2 Å². The second kappa shape index (κ2) is 4.37. The molecule has 0 bridgehead atoms. The van der Waals surface area contributed by atoms with E-state index >= 15 is 0 Å². The molecule has 0 unspecified atom stereocenters. The van der Waals surface area contributed by atoms with Gasteiger partial charge >= 0.3 is 0 Å². The fraction of sp³-hybridized carbons (Fsp3) is 0.250. The minimum atomic E-state index is -0.469. The lowest BCUT2D eigenvalue weighted by Crippen LogP contribution is -2.11. The van der Waals surface area contributed by atoms with Crippen molar-refractivity contribution < 1.29 is 9.53 Å². The molecule has 2 N–H and O–H groups in total. The molecule has 0 aliphatic rings. The molecule has 1 amide bonds. The van der Waals surface area contributed by atoms with Crippen molar-refractivity contribution in [2.75, 3.05) is 6.61 Å². The Morgan fingerprint density at radius 2 is 2.18 bits per heavy atom. The molecule has 0 spiro atoms. The summed E-state index contributed by atoms with van der Waals surface area (Å²) in [7, 11) is 0. The van der Waals surface area contributed by atoms with E-state index in [9.17, 15) is 4.79 Å². The van der Waals surface area contributed by atoms with Gasteiger partial charge in [-0.2, -0.15) is 5.10 Å². The Kier molecular flexibility index (Phi) is 2.91. The van der Waals surface area contributed by atoms with Crippen LogP contribution in [0.25, 0.3) is 10.9 Å². The average molecular weight is 231 g/mol. The summed E-state index contributed by atoms with van der Waals surface area (Å²) in [5.41, 5.74) is 7.07. The van der Waals surface area contributed by atoms with E-state index in [1.165, 1.54) is 0 Å². The first-order chi connectivity index (χ1) is 8.13. The van der Waals surface area contributed by atoms with E-state index in [-0.39, 0.29) is 0 Å². The molecule has 0 aliphatic carbocycles. The summed E-state index contributed by atoms with van der Waals surface area (Å²) in [6.07, 6.45) is 0. The first-order valence-corrected chi connectivity index (χ1v) is 5.33. The zero-order chi connectivity index (χ0) is 12.4. The molecule has 88 valence electrons. The number of nitrogens with zero attached hydrogens (tertiary/aromatic N) is 2. The zero-order valence-electron chi connectivity index (χ0n) is 9.73. The quantitative estimate of drug-likeness (QED) is 0.866. The van der Waals surface area contributed by atoms with Crippen molar-refractivity contribution in [3.05, 3.63) is 29.5 Å². The molecular formula is C12H13N3O2. The molecule has 0 saturated heterocycles. The topological polar surface area (TPSA) is 78.1 Å². The molecule has 1 aromatic carbocycles. The van der Waals surface area contributed by atoms with Gasteiger partial charge in [0.15, 0.2) is 5.75 Å². The van der Waals surface area contributed by atoms with Gasteiger partial charge in [-0.25, -0.2) is 0 Å². The number of carbonyl (C=O) groups excluding carboxylic acids is 1. The smallest absolute Gasteiger partial charge is 0.248 e. The number of aryl methyl sites for hydroxylation is 1. The number of fused-ring (bicyclic) bond motifs is 1. The van der Waals surface area contributed by atoms with Crippen LogP contribution in [0.1, 0.15) is 23.0 Å². The maximum atomic E-state index is 11.1. The molecule has 2 aromatic rings. The molecule has 5 heteroatoms. The van der Waals surface area contributed by atoms with Crippen LogP contribution in [0.15, 0.2) is 18.2 Å². The van der Waals surface area contributed by atoms with E-state index < -0.39 is 5.91 Å². The molecule has 0 radical (unpaired) electrons. The molecule has 1 aromatic heterocycles. The summed E-state index contributed by atoms with van der Waals surface area (Å²) in [4.78, 5) is 11.1. The molecule has 0 saturated carbocycles. The number of hydrogen-bond donors (Lipinski definition) is 1. The molecule has 0 aliphatic heterocycles. The fourth-order valence-corrected chi connectivity index (χ4v) is 1.65.